The molecule has 1 heterocycles. The molecule has 6 nitrogen and oxygen atoms in total. The number of alkyl carbamates (subject to hydrolysis) is 1. The van der Waals surface area contributed by atoms with Crippen molar-refractivity contribution in [2.45, 2.75) is 51.3 Å². The number of nitrogens with one attached hydrogen (secondary N) is 1. The first-order valence-electron chi connectivity index (χ1n) is 8.35. The van der Waals surface area contributed by atoms with Crippen LogP contribution in [0.15, 0.2) is 24.3 Å². The van der Waals surface area contributed by atoms with Gasteiger partial charge in [0, 0.05) is 12.0 Å². The summed E-state index contributed by atoms with van der Waals surface area (Å²) in [6.45, 7) is 5.77. The molecule has 0 aliphatic carbocycles. The number of hydrogen-bond acceptors (Lipinski definition) is 4. The minimum atomic E-state index is -0.907. The van der Waals surface area contributed by atoms with Gasteiger partial charge in [0.05, 0.1) is 18.7 Å². The quantitative estimate of drug-likeness (QED) is 0.853. The van der Waals surface area contributed by atoms with E-state index in [0.29, 0.717) is 18.4 Å². The summed E-state index contributed by atoms with van der Waals surface area (Å²) in [5.74, 6) is -0.473. The van der Waals surface area contributed by atoms with Crippen LogP contribution < -0.4 is 5.32 Å². The molecule has 1 fully saturated rings. The lowest BCUT2D eigenvalue weighted by atomic mass is 10.0. The van der Waals surface area contributed by atoms with E-state index in [0.717, 1.165) is 0 Å². The Morgan fingerprint density at radius 1 is 1.40 bits per heavy atom. The molecule has 1 aliphatic rings. The molecule has 2 N–H and O–H groups in total. The smallest absolute Gasteiger partial charge is 0.407 e. The Kier molecular flexibility index (Phi) is 6.00. The molecule has 0 radical (unpaired) electrons. The van der Waals surface area contributed by atoms with E-state index in [4.69, 9.17) is 4.74 Å². The minimum absolute atomic E-state index is 0.0420. The van der Waals surface area contributed by atoms with Crippen LogP contribution in [0, 0.1) is 5.82 Å². The number of carbonyl (C=O) groups is 2. The summed E-state index contributed by atoms with van der Waals surface area (Å²) in [7, 11) is 0. The van der Waals surface area contributed by atoms with Gasteiger partial charge in [-0.15, -0.1) is 0 Å². The first kappa shape index (κ1) is 19.2. The summed E-state index contributed by atoms with van der Waals surface area (Å²) in [4.78, 5) is 25.3. The van der Waals surface area contributed by atoms with Gasteiger partial charge in [0.15, 0.2) is 0 Å². The van der Waals surface area contributed by atoms with Gasteiger partial charge >= 0.3 is 6.09 Å². The molecule has 2 atom stereocenters. The van der Waals surface area contributed by atoms with E-state index >= 15 is 0 Å². The van der Waals surface area contributed by atoms with E-state index in [-0.39, 0.29) is 24.9 Å². The van der Waals surface area contributed by atoms with Crippen molar-refractivity contribution in [1.29, 1.82) is 0 Å². The Balaban J connectivity index is 1.92. The van der Waals surface area contributed by atoms with Crippen molar-refractivity contribution >= 4 is 12.0 Å². The van der Waals surface area contributed by atoms with Crippen LogP contribution in [0.3, 0.4) is 0 Å². The molecular formula is C18H25FN2O4. The fourth-order valence-corrected chi connectivity index (χ4v) is 2.84. The van der Waals surface area contributed by atoms with Crippen LogP contribution in [0.2, 0.25) is 0 Å². The molecule has 2 rings (SSSR count). The van der Waals surface area contributed by atoms with E-state index in [9.17, 15) is 19.1 Å². The molecule has 0 aromatic heterocycles. The number of amides is 2. The van der Waals surface area contributed by atoms with Crippen LogP contribution in [0.4, 0.5) is 9.18 Å². The molecule has 1 aromatic rings. The standard InChI is InChI=1S/C18H25FN2O4/c1-18(2,3)20-17(24)25-11-10-21-14(8-9-15(21)22)16(23)12-4-6-13(19)7-5-12/h4-7,14,16,23H,8-11H2,1-3H3,(H,20,24)/t14-,16-/m0/s1. The van der Waals surface area contributed by atoms with Gasteiger partial charge in [-0.2, -0.15) is 0 Å². The molecule has 2 amide bonds. The first-order chi connectivity index (χ1) is 11.7. The highest BCUT2D eigenvalue weighted by Crippen LogP contribution is 2.30. The highest BCUT2D eigenvalue weighted by Gasteiger charge is 2.36. The zero-order valence-electron chi connectivity index (χ0n) is 14.8. The van der Waals surface area contributed by atoms with Gasteiger partial charge in [-0.05, 0) is 44.9 Å². The van der Waals surface area contributed by atoms with Crippen LogP contribution in [0.5, 0.6) is 0 Å². The zero-order chi connectivity index (χ0) is 18.6. The molecule has 138 valence electrons. The summed E-state index contributed by atoms with van der Waals surface area (Å²) in [5.41, 5.74) is 0.152. The van der Waals surface area contributed by atoms with Crippen molar-refractivity contribution in [3.05, 3.63) is 35.6 Å². The highest BCUT2D eigenvalue weighted by molar-refractivity contribution is 5.79. The number of carbonyl (C=O) groups excluding carboxylic acids is 2. The summed E-state index contributed by atoms with van der Waals surface area (Å²) in [6.07, 6.45) is -0.618. The largest absolute Gasteiger partial charge is 0.448 e. The van der Waals surface area contributed by atoms with Gasteiger partial charge in [-0.1, -0.05) is 12.1 Å². The van der Waals surface area contributed by atoms with Crippen LogP contribution in [0.25, 0.3) is 0 Å². The third-order valence-corrected chi connectivity index (χ3v) is 3.99. The summed E-state index contributed by atoms with van der Waals surface area (Å²) in [6, 6.07) is 5.16. The van der Waals surface area contributed by atoms with E-state index in [1.807, 2.05) is 20.8 Å². The summed E-state index contributed by atoms with van der Waals surface area (Å²) < 4.78 is 18.1. The maximum atomic E-state index is 13.0. The number of rotatable bonds is 5. The minimum Gasteiger partial charge on any atom is -0.448 e. The number of benzene rings is 1. The van der Waals surface area contributed by atoms with Crippen molar-refractivity contribution < 1.29 is 23.8 Å². The summed E-state index contributed by atoms with van der Waals surface area (Å²) >= 11 is 0. The first-order valence-corrected chi connectivity index (χ1v) is 8.35. The Bertz CT molecular complexity index is 612. The zero-order valence-corrected chi connectivity index (χ0v) is 14.8. The van der Waals surface area contributed by atoms with Crippen molar-refractivity contribution in [1.82, 2.24) is 10.2 Å². The second-order valence-electron chi connectivity index (χ2n) is 7.20. The summed E-state index contributed by atoms with van der Waals surface area (Å²) in [5, 5.41) is 13.2. The number of aliphatic hydroxyl groups excluding tert-OH is 1. The normalized spacial score (nSPS) is 19.0. The number of aliphatic hydroxyl groups is 1. The lowest BCUT2D eigenvalue weighted by Crippen LogP contribution is -2.43. The second kappa shape index (κ2) is 7.82. The molecule has 1 saturated heterocycles. The number of hydrogen-bond donors (Lipinski definition) is 2. The third kappa shape index (κ3) is 5.42. The Morgan fingerprint density at radius 2 is 2.04 bits per heavy atom. The maximum Gasteiger partial charge on any atom is 0.407 e. The topological polar surface area (TPSA) is 78.9 Å². The van der Waals surface area contributed by atoms with E-state index in [2.05, 4.69) is 5.32 Å². The average molecular weight is 352 g/mol. The molecule has 7 heteroatoms. The van der Waals surface area contributed by atoms with Crippen molar-refractivity contribution in [3.8, 4) is 0 Å². The Hall–Kier alpha value is -2.15. The maximum absolute atomic E-state index is 13.0. The third-order valence-electron chi connectivity index (χ3n) is 3.99. The lowest BCUT2D eigenvalue weighted by Gasteiger charge is -2.29. The predicted molar refractivity (Wildman–Crippen MR) is 90.3 cm³/mol. The molecule has 0 unspecified atom stereocenters. The fraction of sp³-hybridized carbons (Fsp3) is 0.556. The molecular weight excluding hydrogens is 327 g/mol. The number of likely N-dealkylation sites (tertiary alicyclic amines) is 1. The molecule has 0 bridgehead atoms. The van der Waals surface area contributed by atoms with Gasteiger partial charge in [0.25, 0.3) is 0 Å². The average Bonchev–Trinajstić information content (AvgIpc) is 2.87. The SMILES string of the molecule is CC(C)(C)NC(=O)OCCN1C(=O)CC[C@H]1[C@@H](O)c1ccc(F)cc1. The molecule has 0 spiro atoms. The molecule has 1 aliphatic heterocycles. The van der Waals surface area contributed by atoms with Gasteiger partial charge in [-0.25, -0.2) is 9.18 Å². The molecule has 0 saturated carbocycles. The monoisotopic (exact) mass is 352 g/mol. The Labute approximate surface area is 147 Å². The van der Waals surface area contributed by atoms with E-state index in [1.54, 1.807) is 0 Å². The number of halogens is 1. The van der Waals surface area contributed by atoms with Crippen molar-refractivity contribution in [2.75, 3.05) is 13.2 Å². The van der Waals surface area contributed by atoms with Crippen LogP contribution in [-0.4, -0.2) is 46.7 Å². The van der Waals surface area contributed by atoms with E-state index in [1.165, 1.54) is 29.2 Å². The highest BCUT2D eigenvalue weighted by atomic mass is 19.1. The second-order valence-corrected chi connectivity index (χ2v) is 7.20. The van der Waals surface area contributed by atoms with E-state index < -0.39 is 23.8 Å². The number of nitrogens with zero attached hydrogens (tertiary/aromatic N) is 1. The van der Waals surface area contributed by atoms with Crippen molar-refractivity contribution in [2.24, 2.45) is 0 Å². The van der Waals surface area contributed by atoms with Crippen molar-refractivity contribution in [3.63, 3.8) is 0 Å². The van der Waals surface area contributed by atoms with Gasteiger partial charge < -0.3 is 20.1 Å². The van der Waals surface area contributed by atoms with Crippen LogP contribution >= 0.6 is 0 Å². The molecule has 25 heavy (non-hydrogen) atoms. The van der Waals surface area contributed by atoms with Gasteiger partial charge in [0.2, 0.25) is 5.91 Å². The van der Waals surface area contributed by atoms with Crippen LogP contribution in [-0.2, 0) is 9.53 Å². The predicted octanol–water partition coefficient (Wildman–Crippen LogP) is 2.37. The fourth-order valence-electron chi connectivity index (χ4n) is 2.84. The number of ether oxygens (including phenoxy) is 1. The molecule has 1 aromatic carbocycles. The lowest BCUT2D eigenvalue weighted by molar-refractivity contribution is -0.131. The van der Waals surface area contributed by atoms with Crippen LogP contribution in [0.1, 0.15) is 45.3 Å². The Morgan fingerprint density at radius 3 is 2.64 bits per heavy atom. The van der Waals surface area contributed by atoms with Gasteiger partial charge in [-0.3, -0.25) is 4.79 Å². The van der Waals surface area contributed by atoms with Gasteiger partial charge in [0.1, 0.15) is 12.4 Å².